The Hall–Kier alpha value is -3.25. The average molecular weight is 364 g/mol. The molecule has 0 aliphatic carbocycles. The molecule has 0 saturated carbocycles. The number of benzene rings is 3. The van der Waals surface area contributed by atoms with Crippen molar-refractivity contribution in [3.8, 4) is 0 Å². The first-order valence-electron chi connectivity index (χ1n) is 7.84. The molecule has 0 spiro atoms. The summed E-state index contributed by atoms with van der Waals surface area (Å²) in [5, 5.41) is 2.47. The van der Waals surface area contributed by atoms with E-state index in [1.54, 1.807) is 30.5 Å². The Morgan fingerprint density at radius 3 is 1.92 bits per heavy atom. The minimum absolute atomic E-state index is 0.162. The van der Waals surface area contributed by atoms with E-state index in [4.69, 9.17) is 0 Å². The molecule has 130 valence electrons. The lowest BCUT2D eigenvalue weighted by Gasteiger charge is -2.06. The summed E-state index contributed by atoms with van der Waals surface area (Å²) < 4.78 is 25.3. The second kappa shape index (κ2) is 7.76. The summed E-state index contributed by atoms with van der Waals surface area (Å²) in [5.41, 5.74) is 2.16. The van der Waals surface area contributed by atoms with E-state index in [9.17, 15) is 13.2 Å². The van der Waals surface area contributed by atoms with Gasteiger partial charge in [-0.05, 0) is 54.1 Å². The van der Waals surface area contributed by atoms with Crippen LogP contribution in [0.1, 0.15) is 5.56 Å². The van der Waals surface area contributed by atoms with E-state index in [1.165, 1.54) is 24.3 Å². The number of nitrogens with one attached hydrogen (secondary N) is 1. The molecule has 0 aliphatic rings. The van der Waals surface area contributed by atoms with E-state index < -0.39 is 9.84 Å². The van der Waals surface area contributed by atoms with Crippen molar-refractivity contribution in [1.29, 1.82) is 0 Å². The maximum absolute atomic E-state index is 12.7. The molecule has 0 bridgehead atoms. The molecule has 26 heavy (non-hydrogen) atoms. The maximum Gasteiger partial charge on any atom is 0.211 e. The highest BCUT2D eigenvalue weighted by Crippen LogP contribution is 2.24. The van der Waals surface area contributed by atoms with Gasteiger partial charge in [0.1, 0.15) is 0 Å². The summed E-state index contributed by atoms with van der Waals surface area (Å²) in [6.45, 7) is 0. The predicted molar refractivity (Wildman–Crippen MR) is 102 cm³/mol. The Balaban J connectivity index is 1.80. The van der Waals surface area contributed by atoms with Gasteiger partial charge in [-0.2, -0.15) is 0 Å². The molecular weight excluding hydrogens is 348 g/mol. The molecule has 5 nitrogen and oxygen atoms in total. The third kappa shape index (κ3) is 4.04. The van der Waals surface area contributed by atoms with E-state index in [0.717, 1.165) is 5.56 Å². The van der Waals surface area contributed by atoms with Crippen molar-refractivity contribution in [2.24, 2.45) is 4.99 Å². The number of anilines is 1. The molecular formula is C20H16N2O3S. The minimum atomic E-state index is -3.62. The van der Waals surface area contributed by atoms with Crippen LogP contribution >= 0.6 is 0 Å². The van der Waals surface area contributed by atoms with Gasteiger partial charge in [0.2, 0.25) is 16.2 Å². The van der Waals surface area contributed by atoms with Crippen LogP contribution in [-0.2, 0) is 14.6 Å². The van der Waals surface area contributed by atoms with Crippen molar-refractivity contribution in [2.45, 2.75) is 9.79 Å². The molecule has 1 N–H and O–H groups in total. The number of hydrogen-bond acceptors (Lipinski definition) is 4. The predicted octanol–water partition coefficient (Wildman–Crippen LogP) is 3.84. The van der Waals surface area contributed by atoms with Crippen molar-refractivity contribution in [2.75, 3.05) is 5.32 Å². The highest BCUT2D eigenvalue weighted by molar-refractivity contribution is 7.91. The third-order valence-electron chi connectivity index (χ3n) is 3.70. The van der Waals surface area contributed by atoms with Crippen LogP contribution < -0.4 is 5.32 Å². The van der Waals surface area contributed by atoms with Crippen molar-refractivity contribution >= 4 is 33.8 Å². The topological polar surface area (TPSA) is 75.6 Å². The lowest BCUT2D eigenvalue weighted by atomic mass is 10.2. The molecule has 6 heteroatoms. The highest BCUT2D eigenvalue weighted by Gasteiger charge is 2.17. The molecule has 3 aromatic rings. The summed E-state index contributed by atoms with van der Waals surface area (Å²) in [6.07, 6.45) is 2.26. The Labute approximate surface area is 152 Å². The number of rotatable bonds is 6. The molecule has 0 saturated heterocycles. The highest BCUT2D eigenvalue weighted by atomic mass is 32.2. The molecule has 1 amide bonds. The minimum Gasteiger partial charge on any atom is -0.329 e. The quantitative estimate of drug-likeness (QED) is 0.533. The van der Waals surface area contributed by atoms with Crippen LogP contribution in [0.3, 0.4) is 0 Å². The van der Waals surface area contributed by atoms with Gasteiger partial charge in [-0.25, -0.2) is 8.42 Å². The number of amides is 1. The molecule has 3 aromatic carbocycles. The first kappa shape index (κ1) is 17.6. The van der Waals surface area contributed by atoms with Crippen LogP contribution in [0, 0.1) is 0 Å². The number of carbonyl (C=O) groups excluding carboxylic acids is 1. The molecule has 0 heterocycles. The van der Waals surface area contributed by atoms with Crippen LogP contribution in [0.2, 0.25) is 0 Å². The van der Waals surface area contributed by atoms with Crippen molar-refractivity contribution < 1.29 is 13.2 Å². The second-order valence-corrected chi connectivity index (χ2v) is 7.40. The molecule has 0 aliphatic heterocycles. The van der Waals surface area contributed by atoms with Gasteiger partial charge in [-0.1, -0.05) is 30.3 Å². The van der Waals surface area contributed by atoms with E-state index >= 15 is 0 Å². The third-order valence-corrected chi connectivity index (χ3v) is 5.49. The molecule has 0 atom stereocenters. The summed E-state index contributed by atoms with van der Waals surface area (Å²) in [6, 6.07) is 22.0. The summed E-state index contributed by atoms with van der Waals surface area (Å²) in [7, 11) is -3.62. The van der Waals surface area contributed by atoms with E-state index in [1.807, 2.05) is 30.3 Å². The molecule has 0 unspecified atom stereocenters. The largest absolute Gasteiger partial charge is 0.329 e. The van der Waals surface area contributed by atoms with Gasteiger partial charge >= 0.3 is 0 Å². The van der Waals surface area contributed by atoms with E-state index in [2.05, 4.69) is 10.3 Å². The van der Waals surface area contributed by atoms with Crippen LogP contribution in [0.25, 0.3) is 0 Å². The number of nitrogens with zero attached hydrogens (tertiary/aromatic N) is 1. The van der Waals surface area contributed by atoms with Crippen LogP contribution in [0.15, 0.2) is 93.6 Å². The van der Waals surface area contributed by atoms with Gasteiger partial charge in [-0.15, -0.1) is 0 Å². The van der Waals surface area contributed by atoms with Crippen LogP contribution in [0.4, 0.5) is 11.4 Å². The molecule has 0 radical (unpaired) electrons. The zero-order valence-corrected chi connectivity index (χ0v) is 14.6. The van der Waals surface area contributed by atoms with Crippen LogP contribution in [-0.4, -0.2) is 21.0 Å². The second-order valence-electron chi connectivity index (χ2n) is 5.45. The standard InChI is InChI=1S/C20H16N2O3S/c23-15-22-18-8-12-20(13-9-18)26(24,25)19-10-6-17(7-11-19)21-14-16-4-2-1-3-5-16/h1-15H,(H,22,23). The number of carbonyl (C=O) groups is 1. The Morgan fingerprint density at radius 1 is 0.769 bits per heavy atom. The van der Waals surface area contributed by atoms with Crippen LogP contribution in [0.5, 0.6) is 0 Å². The van der Waals surface area contributed by atoms with Gasteiger partial charge in [0, 0.05) is 11.9 Å². The van der Waals surface area contributed by atoms with Gasteiger partial charge in [0.25, 0.3) is 0 Å². The number of aliphatic imine (C=N–C) groups is 1. The zero-order valence-electron chi connectivity index (χ0n) is 13.7. The first-order valence-corrected chi connectivity index (χ1v) is 9.32. The number of hydrogen-bond donors (Lipinski definition) is 1. The van der Waals surface area contributed by atoms with Gasteiger partial charge in [0.15, 0.2) is 0 Å². The Morgan fingerprint density at radius 2 is 1.35 bits per heavy atom. The zero-order chi connectivity index (χ0) is 18.4. The summed E-state index contributed by atoms with van der Waals surface area (Å²) >= 11 is 0. The maximum atomic E-state index is 12.7. The van der Waals surface area contributed by atoms with Gasteiger partial charge in [0.05, 0.1) is 15.5 Å². The molecule has 0 aromatic heterocycles. The fraction of sp³-hybridized carbons (Fsp3) is 0. The summed E-state index contributed by atoms with van der Waals surface area (Å²) in [4.78, 5) is 15.1. The fourth-order valence-corrected chi connectivity index (χ4v) is 3.59. The number of sulfone groups is 1. The SMILES string of the molecule is O=CNc1ccc(S(=O)(=O)c2ccc(N=Cc3ccccc3)cc2)cc1. The smallest absolute Gasteiger partial charge is 0.211 e. The summed E-state index contributed by atoms with van der Waals surface area (Å²) in [5.74, 6) is 0. The molecule has 0 fully saturated rings. The van der Waals surface area contributed by atoms with Crippen molar-refractivity contribution in [3.05, 3.63) is 84.4 Å². The average Bonchev–Trinajstić information content (AvgIpc) is 2.68. The Bertz CT molecular complexity index is 1010. The normalized spacial score (nSPS) is 11.4. The lowest BCUT2D eigenvalue weighted by Crippen LogP contribution is -2.02. The fourth-order valence-electron chi connectivity index (χ4n) is 2.33. The van der Waals surface area contributed by atoms with E-state index in [0.29, 0.717) is 17.8 Å². The Kier molecular flexibility index (Phi) is 5.24. The molecule has 3 rings (SSSR count). The van der Waals surface area contributed by atoms with Crippen molar-refractivity contribution in [1.82, 2.24) is 0 Å². The first-order chi connectivity index (χ1) is 12.6. The lowest BCUT2D eigenvalue weighted by molar-refractivity contribution is -0.105. The monoisotopic (exact) mass is 364 g/mol. The van der Waals surface area contributed by atoms with Gasteiger partial charge < -0.3 is 5.32 Å². The van der Waals surface area contributed by atoms with E-state index in [-0.39, 0.29) is 9.79 Å². The van der Waals surface area contributed by atoms with Gasteiger partial charge in [-0.3, -0.25) is 9.79 Å². The van der Waals surface area contributed by atoms with Crippen molar-refractivity contribution in [3.63, 3.8) is 0 Å².